The normalized spacial score (nSPS) is 15.4. The molecule has 3 nitrogen and oxygen atoms in total. The second-order valence-corrected chi connectivity index (χ2v) is 13.3. The molecule has 248 valence electrons. The molecule has 1 unspecified atom stereocenters. The van der Waals surface area contributed by atoms with Gasteiger partial charge in [-0.25, -0.2) is 9.98 Å². The van der Waals surface area contributed by atoms with Crippen molar-refractivity contribution in [2.45, 2.75) is 19.0 Å². The number of rotatable bonds is 7. The van der Waals surface area contributed by atoms with Crippen molar-refractivity contribution >= 4 is 22.4 Å². The van der Waals surface area contributed by atoms with Crippen molar-refractivity contribution in [1.82, 2.24) is 5.32 Å². The van der Waals surface area contributed by atoms with Gasteiger partial charge in [0.15, 0.2) is 5.84 Å². The lowest BCUT2D eigenvalue weighted by Gasteiger charge is -2.25. The molecule has 1 heterocycles. The molecule has 52 heavy (non-hydrogen) atoms. The third kappa shape index (κ3) is 6.29. The van der Waals surface area contributed by atoms with Gasteiger partial charge in [0.05, 0.1) is 0 Å². The minimum Gasteiger partial charge on any atom is -0.344 e. The molecule has 0 aromatic heterocycles. The van der Waals surface area contributed by atoms with E-state index in [2.05, 4.69) is 193 Å². The first-order chi connectivity index (χ1) is 25.8. The summed E-state index contributed by atoms with van der Waals surface area (Å²) >= 11 is 0. The van der Waals surface area contributed by atoms with Crippen molar-refractivity contribution < 1.29 is 0 Å². The molecule has 0 fully saturated rings. The maximum Gasteiger partial charge on any atom is 0.159 e. The van der Waals surface area contributed by atoms with Crippen LogP contribution in [-0.4, -0.2) is 11.7 Å². The van der Waals surface area contributed by atoms with Crippen LogP contribution in [0, 0.1) is 0 Å². The Kier molecular flexibility index (Phi) is 8.44. The summed E-state index contributed by atoms with van der Waals surface area (Å²) in [5.74, 6) is 1.63. The third-order valence-electron chi connectivity index (χ3n) is 10.0. The third-order valence-corrected chi connectivity index (χ3v) is 10.0. The lowest BCUT2D eigenvalue weighted by Crippen LogP contribution is -2.34. The molecule has 0 amide bonds. The van der Waals surface area contributed by atoms with Gasteiger partial charge >= 0.3 is 0 Å². The Morgan fingerprint density at radius 3 is 1.90 bits per heavy atom. The Bertz CT molecular complexity index is 2510. The van der Waals surface area contributed by atoms with Crippen LogP contribution in [0.1, 0.15) is 30.1 Å². The van der Waals surface area contributed by atoms with E-state index in [1.54, 1.807) is 0 Å². The molecule has 1 atom stereocenters. The van der Waals surface area contributed by atoms with E-state index < -0.39 is 0 Å². The summed E-state index contributed by atoms with van der Waals surface area (Å²) in [6.07, 6.45) is 8.20. The van der Waals surface area contributed by atoms with E-state index >= 15 is 0 Å². The zero-order valence-electron chi connectivity index (χ0n) is 28.8. The molecule has 0 radical (unpaired) electrons. The first-order valence-electron chi connectivity index (χ1n) is 18.0. The second kappa shape index (κ2) is 14.0. The van der Waals surface area contributed by atoms with Crippen LogP contribution in [0.5, 0.6) is 0 Å². The molecule has 7 aromatic carbocycles. The number of benzene rings is 7. The summed E-state index contributed by atoms with van der Waals surface area (Å²) in [5.41, 5.74) is 12.9. The lowest BCUT2D eigenvalue weighted by molar-refractivity contribution is 0.671. The number of hydrogen-bond acceptors (Lipinski definition) is 3. The van der Waals surface area contributed by atoms with Crippen LogP contribution >= 0.6 is 0 Å². The molecule has 1 aliphatic heterocycles. The monoisotopic (exact) mass is 667 g/mol. The van der Waals surface area contributed by atoms with Crippen LogP contribution in [0.3, 0.4) is 0 Å². The smallest absolute Gasteiger partial charge is 0.159 e. The quantitative estimate of drug-likeness (QED) is 0.180. The summed E-state index contributed by atoms with van der Waals surface area (Å²) in [5, 5.41) is 6.13. The SMILES string of the molecule is C1=CCCC(C2=NC(c3ccc(-c4c(-c5ccc(-c6ccccc6)cc5)ccc5ccccc45)cc3)=NC(c3cccc(-c4ccccc4)c3)N2)=C1. The molecule has 2 aliphatic rings. The maximum absolute atomic E-state index is 5.23. The first-order valence-corrected chi connectivity index (χ1v) is 18.0. The minimum atomic E-state index is -0.263. The number of aliphatic imine (C=N–C) groups is 2. The molecule has 0 saturated carbocycles. The average Bonchev–Trinajstić information content (AvgIpc) is 3.24. The number of amidine groups is 2. The highest BCUT2D eigenvalue weighted by Gasteiger charge is 2.23. The number of hydrogen-bond donors (Lipinski definition) is 1. The molecule has 7 aromatic rings. The number of allylic oxidation sites excluding steroid dienone is 3. The summed E-state index contributed by atoms with van der Waals surface area (Å²) < 4.78 is 0. The highest BCUT2D eigenvalue weighted by molar-refractivity contribution is 6.13. The van der Waals surface area contributed by atoms with Crippen LogP contribution < -0.4 is 5.32 Å². The van der Waals surface area contributed by atoms with E-state index in [0.717, 1.165) is 41.2 Å². The van der Waals surface area contributed by atoms with E-state index in [9.17, 15) is 0 Å². The van der Waals surface area contributed by atoms with Crippen molar-refractivity contribution in [3.8, 4) is 44.5 Å². The first kappa shape index (κ1) is 31.4. The fourth-order valence-corrected chi connectivity index (χ4v) is 7.31. The standard InChI is InChI=1S/C49H37N3/c1-4-13-34(14-5-1)36-23-25-38(26-24-36)45-32-31-37-17-10-11-22-44(37)46(45)39-27-29-41(30-28-39)48-50-47(40-18-8-3-9-19-40)51-49(52-48)43-21-12-20-42(33-43)35-15-6-2-7-16-35/h1-8,10-18,20-33,49H,9,19H2,(H,50,51,52). The van der Waals surface area contributed by atoms with E-state index in [4.69, 9.17) is 9.98 Å². The lowest BCUT2D eigenvalue weighted by atomic mass is 9.89. The van der Waals surface area contributed by atoms with Gasteiger partial charge in [0, 0.05) is 5.56 Å². The van der Waals surface area contributed by atoms with Gasteiger partial charge in [0.1, 0.15) is 12.0 Å². The van der Waals surface area contributed by atoms with Crippen molar-refractivity contribution in [3.05, 3.63) is 205 Å². The maximum atomic E-state index is 5.23. The van der Waals surface area contributed by atoms with Gasteiger partial charge in [0.2, 0.25) is 0 Å². The molecular formula is C49H37N3. The molecule has 9 rings (SSSR count). The fraction of sp³-hybridized carbons (Fsp3) is 0.0612. The molecule has 0 bridgehead atoms. The summed E-state index contributed by atoms with van der Waals surface area (Å²) in [7, 11) is 0. The average molecular weight is 668 g/mol. The predicted molar refractivity (Wildman–Crippen MR) is 218 cm³/mol. The Hall–Kier alpha value is -6.58. The predicted octanol–water partition coefficient (Wildman–Crippen LogP) is 12.2. The highest BCUT2D eigenvalue weighted by atomic mass is 15.2. The Balaban J connectivity index is 1.10. The highest BCUT2D eigenvalue weighted by Crippen LogP contribution is 2.39. The second-order valence-electron chi connectivity index (χ2n) is 13.3. The van der Waals surface area contributed by atoms with Gasteiger partial charge < -0.3 is 5.32 Å². The van der Waals surface area contributed by atoms with Crippen LogP contribution in [0.15, 0.2) is 204 Å². The van der Waals surface area contributed by atoms with Gasteiger partial charge in [0.25, 0.3) is 0 Å². The number of nitrogens with zero attached hydrogens (tertiary/aromatic N) is 2. The molecule has 1 aliphatic carbocycles. The van der Waals surface area contributed by atoms with Gasteiger partial charge in [-0.2, -0.15) is 0 Å². The van der Waals surface area contributed by atoms with Gasteiger partial charge in [-0.05, 0) is 85.3 Å². The zero-order chi connectivity index (χ0) is 34.7. The molecular weight excluding hydrogens is 631 g/mol. The summed E-state index contributed by atoms with van der Waals surface area (Å²) in [6, 6.07) is 60.6. The minimum absolute atomic E-state index is 0.263. The van der Waals surface area contributed by atoms with E-state index in [1.807, 2.05) is 0 Å². The van der Waals surface area contributed by atoms with Crippen molar-refractivity contribution in [3.63, 3.8) is 0 Å². The Morgan fingerprint density at radius 1 is 0.519 bits per heavy atom. The summed E-state index contributed by atoms with van der Waals surface area (Å²) in [4.78, 5) is 10.4. The summed E-state index contributed by atoms with van der Waals surface area (Å²) in [6.45, 7) is 0. The molecule has 0 spiro atoms. The van der Waals surface area contributed by atoms with Crippen molar-refractivity contribution in [2.75, 3.05) is 0 Å². The Morgan fingerprint density at radius 2 is 1.15 bits per heavy atom. The largest absolute Gasteiger partial charge is 0.344 e. The van der Waals surface area contributed by atoms with E-state index in [0.29, 0.717) is 0 Å². The van der Waals surface area contributed by atoms with Crippen molar-refractivity contribution in [1.29, 1.82) is 0 Å². The van der Waals surface area contributed by atoms with Crippen LogP contribution in [0.25, 0.3) is 55.3 Å². The van der Waals surface area contributed by atoms with Gasteiger partial charge in [-0.3, -0.25) is 0 Å². The fourth-order valence-electron chi connectivity index (χ4n) is 7.31. The van der Waals surface area contributed by atoms with Gasteiger partial charge in [-0.15, -0.1) is 0 Å². The van der Waals surface area contributed by atoms with Crippen LogP contribution in [0.4, 0.5) is 0 Å². The van der Waals surface area contributed by atoms with Crippen LogP contribution in [0.2, 0.25) is 0 Å². The number of fused-ring (bicyclic) bond motifs is 1. The Labute approximate surface area is 305 Å². The molecule has 3 heteroatoms. The molecule has 1 N–H and O–H groups in total. The van der Waals surface area contributed by atoms with E-state index in [-0.39, 0.29) is 6.17 Å². The topological polar surface area (TPSA) is 36.8 Å². The van der Waals surface area contributed by atoms with Gasteiger partial charge in [-0.1, -0.05) is 182 Å². The van der Waals surface area contributed by atoms with Crippen molar-refractivity contribution in [2.24, 2.45) is 9.98 Å². The zero-order valence-corrected chi connectivity index (χ0v) is 28.8. The number of nitrogens with one attached hydrogen (secondary N) is 1. The van der Waals surface area contributed by atoms with Crippen LogP contribution in [-0.2, 0) is 0 Å². The van der Waals surface area contributed by atoms with E-state index in [1.165, 1.54) is 55.3 Å². The molecule has 0 saturated heterocycles.